The number of hydrogen-bond donors (Lipinski definition) is 1. The summed E-state index contributed by atoms with van der Waals surface area (Å²) < 4.78 is 38.1. The Hall–Kier alpha value is -3.07. The Bertz CT molecular complexity index is 1000. The fourth-order valence-corrected chi connectivity index (χ4v) is 4.41. The van der Waals surface area contributed by atoms with Crippen molar-refractivity contribution < 1.29 is 27.5 Å². The Morgan fingerprint density at radius 1 is 1.17 bits per heavy atom. The highest BCUT2D eigenvalue weighted by Gasteiger charge is 2.37. The number of amides is 1. The van der Waals surface area contributed by atoms with Crippen molar-refractivity contribution in [3.8, 4) is 5.75 Å². The second-order valence-electron chi connectivity index (χ2n) is 6.42. The number of anilines is 1. The highest BCUT2D eigenvalue weighted by molar-refractivity contribution is 7.92. The Morgan fingerprint density at radius 2 is 1.86 bits per heavy atom. The molecule has 0 aromatic heterocycles. The van der Waals surface area contributed by atoms with Gasteiger partial charge in [-0.2, -0.15) is 0 Å². The lowest BCUT2D eigenvalue weighted by molar-refractivity contribution is -0.127. The standard InChI is InChI=1S/C20H22N2O6S/c1-3-12-21-19(23)18-13-22(16-6-4-5-7-17(16)28-18)29(25,26)15-10-8-14(9-11-15)20(24)27-2/h4-11,18H,3,12-13H2,1-2H3,(H,21,23). The molecule has 1 N–H and O–H groups in total. The van der Waals surface area contributed by atoms with E-state index in [1.807, 2.05) is 6.92 Å². The van der Waals surface area contributed by atoms with Crippen LogP contribution in [0.15, 0.2) is 53.4 Å². The van der Waals surface area contributed by atoms with Crippen molar-refractivity contribution in [2.75, 3.05) is 24.5 Å². The van der Waals surface area contributed by atoms with Crippen LogP contribution in [0, 0.1) is 0 Å². The third kappa shape index (κ3) is 4.19. The molecule has 154 valence electrons. The van der Waals surface area contributed by atoms with Crippen LogP contribution in [-0.4, -0.2) is 46.6 Å². The lowest BCUT2D eigenvalue weighted by atomic mass is 10.2. The Kier molecular flexibility index (Phi) is 6.07. The van der Waals surface area contributed by atoms with Gasteiger partial charge < -0.3 is 14.8 Å². The van der Waals surface area contributed by atoms with Crippen LogP contribution in [0.25, 0.3) is 0 Å². The first-order chi connectivity index (χ1) is 13.9. The first kappa shape index (κ1) is 20.7. The number of hydrogen-bond acceptors (Lipinski definition) is 6. The summed E-state index contributed by atoms with van der Waals surface area (Å²) in [5.74, 6) is -0.619. The van der Waals surface area contributed by atoms with E-state index in [0.717, 1.165) is 10.7 Å². The molecule has 1 heterocycles. The largest absolute Gasteiger partial charge is 0.476 e. The summed E-state index contributed by atoms with van der Waals surface area (Å²) >= 11 is 0. The summed E-state index contributed by atoms with van der Waals surface area (Å²) in [6.07, 6.45) is -0.218. The number of nitrogens with zero attached hydrogens (tertiary/aromatic N) is 1. The normalized spacial score (nSPS) is 15.8. The van der Waals surface area contributed by atoms with Crippen molar-refractivity contribution in [2.45, 2.75) is 24.3 Å². The molecule has 3 rings (SSSR count). The first-order valence-electron chi connectivity index (χ1n) is 9.13. The second-order valence-corrected chi connectivity index (χ2v) is 8.28. The number of methoxy groups -OCH3 is 1. The Balaban J connectivity index is 1.96. The number of benzene rings is 2. The number of nitrogens with one attached hydrogen (secondary N) is 1. The van der Waals surface area contributed by atoms with Gasteiger partial charge in [0.1, 0.15) is 5.75 Å². The minimum absolute atomic E-state index is 0.00503. The number of carbonyl (C=O) groups excluding carboxylic acids is 2. The van der Waals surface area contributed by atoms with Gasteiger partial charge in [-0.1, -0.05) is 19.1 Å². The van der Waals surface area contributed by atoms with Gasteiger partial charge in [-0.25, -0.2) is 13.2 Å². The van der Waals surface area contributed by atoms with E-state index in [9.17, 15) is 18.0 Å². The monoisotopic (exact) mass is 418 g/mol. The quantitative estimate of drug-likeness (QED) is 0.720. The molecule has 0 fully saturated rings. The summed E-state index contributed by atoms with van der Waals surface area (Å²) in [4.78, 5) is 24.0. The van der Waals surface area contributed by atoms with Gasteiger partial charge in [-0.3, -0.25) is 9.10 Å². The van der Waals surface area contributed by atoms with Crippen molar-refractivity contribution in [1.82, 2.24) is 5.32 Å². The summed E-state index contributed by atoms with van der Waals surface area (Å²) in [6.45, 7) is 2.24. The molecular weight excluding hydrogens is 396 g/mol. The zero-order valence-electron chi connectivity index (χ0n) is 16.1. The molecule has 9 heteroatoms. The van der Waals surface area contributed by atoms with E-state index in [-0.39, 0.29) is 22.9 Å². The van der Waals surface area contributed by atoms with Gasteiger partial charge in [0.05, 0.1) is 29.8 Å². The lowest BCUT2D eigenvalue weighted by Gasteiger charge is -2.34. The fraction of sp³-hybridized carbons (Fsp3) is 0.300. The average Bonchev–Trinajstić information content (AvgIpc) is 2.76. The molecule has 0 radical (unpaired) electrons. The van der Waals surface area contributed by atoms with Crippen LogP contribution in [0.5, 0.6) is 5.75 Å². The molecule has 1 unspecified atom stereocenters. The van der Waals surface area contributed by atoms with E-state index < -0.39 is 22.1 Å². The molecule has 1 amide bonds. The van der Waals surface area contributed by atoms with Crippen LogP contribution in [0.1, 0.15) is 23.7 Å². The van der Waals surface area contributed by atoms with Crippen LogP contribution >= 0.6 is 0 Å². The predicted molar refractivity (Wildman–Crippen MR) is 106 cm³/mol. The Morgan fingerprint density at radius 3 is 2.52 bits per heavy atom. The molecule has 1 aliphatic rings. The summed E-state index contributed by atoms with van der Waals surface area (Å²) in [6, 6.07) is 12.1. The maximum atomic E-state index is 13.3. The molecular formula is C20H22N2O6S. The van der Waals surface area contributed by atoms with Crippen LogP contribution < -0.4 is 14.4 Å². The third-order valence-corrected chi connectivity index (χ3v) is 6.23. The van der Waals surface area contributed by atoms with E-state index >= 15 is 0 Å². The molecule has 2 aromatic carbocycles. The van der Waals surface area contributed by atoms with Crippen LogP contribution in [-0.2, 0) is 19.6 Å². The minimum Gasteiger partial charge on any atom is -0.476 e. The maximum absolute atomic E-state index is 13.3. The molecule has 8 nitrogen and oxygen atoms in total. The molecule has 2 aromatic rings. The first-order valence-corrected chi connectivity index (χ1v) is 10.6. The lowest BCUT2D eigenvalue weighted by Crippen LogP contribution is -2.50. The molecule has 1 aliphatic heterocycles. The summed E-state index contributed by atoms with van der Waals surface area (Å²) in [5.41, 5.74) is 0.592. The molecule has 1 atom stereocenters. The van der Waals surface area contributed by atoms with E-state index in [4.69, 9.17) is 4.74 Å². The Labute approximate surface area is 169 Å². The topological polar surface area (TPSA) is 102 Å². The highest BCUT2D eigenvalue weighted by atomic mass is 32.2. The number of carbonyl (C=O) groups is 2. The van der Waals surface area contributed by atoms with E-state index in [2.05, 4.69) is 10.1 Å². The molecule has 0 saturated carbocycles. The summed E-state index contributed by atoms with van der Waals surface area (Å²) in [5, 5.41) is 2.73. The molecule has 0 bridgehead atoms. The van der Waals surface area contributed by atoms with Crippen molar-refractivity contribution >= 4 is 27.6 Å². The minimum atomic E-state index is -3.99. The SMILES string of the molecule is CCCNC(=O)C1CN(S(=O)(=O)c2ccc(C(=O)OC)cc2)c2ccccc2O1. The van der Waals surface area contributed by atoms with Crippen LogP contribution in [0.3, 0.4) is 0 Å². The van der Waals surface area contributed by atoms with Gasteiger partial charge in [0.2, 0.25) is 0 Å². The summed E-state index contributed by atoms with van der Waals surface area (Å²) in [7, 11) is -2.74. The number of ether oxygens (including phenoxy) is 2. The molecule has 0 saturated heterocycles. The van der Waals surface area contributed by atoms with Crippen molar-refractivity contribution in [2.24, 2.45) is 0 Å². The second kappa shape index (κ2) is 8.52. The number of fused-ring (bicyclic) bond motifs is 1. The number of esters is 1. The van der Waals surface area contributed by atoms with Gasteiger partial charge in [-0.05, 0) is 42.8 Å². The van der Waals surface area contributed by atoms with Crippen molar-refractivity contribution in [1.29, 1.82) is 0 Å². The number of para-hydroxylation sites is 2. The molecule has 0 spiro atoms. The number of rotatable bonds is 6. The van der Waals surface area contributed by atoms with Crippen LogP contribution in [0.4, 0.5) is 5.69 Å². The average molecular weight is 418 g/mol. The maximum Gasteiger partial charge on any atom is 0.337 e. The van der Waals surface area contributed by atoms with E-state index in [1.54, 1.807) is 24.3 Å². The fourth-order valence-electron chi connectivity index (χ4n) is 2.94. The van der Waals surface area contributed by atoms with Crippen LogP contribution in [0.2, 0.25) is 0 Å². The van der Waals surface area contributed by atoms with Gasteiger partial charge >= 0.3 is 5.97 Å². The highest BCUT2D eigenvalue weighted by Crippen LogP contribution is 2.36. The van der Waals surface area contributed by atoms with Gasteiger partial charge in [0.25, 0.3) is 15.9 Å². The number of sulfonamides is 1. The zero-order valence-corrected chi connectivity index (χ0v) is 16.9. The van der Waals surface area contributed by atoms with Gasteiger partial charge in [0, 0.05) is 6.54 Å². The van der Waals surface area contributed by atoms with Gasteiger partial charge in [0.15, 0.2) is 6.10 Å². The smallest absolute Gasteiger partial charge is 0.337 e. The molecule has 0 aliphatic carbocycles. The zero-order chi connectivity index (χ0) is 21.0. The van der Waals surface area contributed by atoms with Gasteiger partial charge in [-0.15, -0.1) is 0 Å². The van der Waals surface area contributed by atoms with E-state index in [1.165, 1.54) is 31.4 Å². The predicted octanol–water partition coefficient (Wildman–Crippen LogP) is 1.96. The molecule has 29 heavy (non-hydrogen) atoms. The van der Waals surface area contributed by atoms with Crippen molar-refractivity contribution in [3.63, 3.8) is 0 Å². The third-order valence-electron chi connectivity index (χ3n) is 4.44. The van der Waals surface area contributed by atoms with E-state index in [0.29, 0.717) is 18.0 Å². The van der Waals surface area contributed by atoms with Crippen molar-refractivity contribution in [3.05, 3.63) is 54.1 Å².